The Morgan fingerprint density at radius 2 is 1.83 bits per heavy atom. The molecule has 1 aromatic heterocycles. The molecule has 0 unspecified atom stereocenters. The van der Waals surface area contributed by atoms with Crippen molar-refractivity contribution < 1.29 is 13.6 Å². The van der Waals surface area contributed by atoms with Gasteiger partial charge in [0, 0.05) is 6.04 Å². The van der Waals surface area contributed by atoms with Gasteiger partial charge in [-0.2, -0.15) is 5.10 Å². The highest BCUT2D eigenvalue weighted by molar-refractivity contribution is 6.31. The van der Waals surface area contributed by atoms with Gasteiger partial charge in [0.2, 0.25) is 5.91 Å². The molecule has 0 atom stereocenters. The zero-order valence-corrected chi connectivity index (χ0v) is 14.4. The van der Waals surface area contributed by atoms with Gasteiger partial charge in [-0.15, -0.1) is 0 Å². The van der Waals surface area contributed by atoms with Crippen LogP contribution in [-0.2, 0) is 11.3 Å². The highest BCUT2D eigenvalue weighted by Gasteiger charge is 2.48. The first kappa shape index (κ1) is 16.3. The first-order chi connectivity index (χ1) is 11.4. The van der Waals surface area contributed by atoms with Crippen LogP contribution >= 0.6 is 11.6 Å². The van der Waals surface area contributed by atoms with Gasteiger partial charge >= 0.3 is 0 Å². The smallest absolute Gasteiger partial charge is 0.283 e. The average Bonchev–Trinajstić information content (AvgIpc) is 2.79. The van der Waals surface area contributed by atoms with E-state index in [1.165, 1.54) is 36.8 Å². The summed E-state index contributed by atoms with van der Waals surface area (Å²) in [5.74, 6) is 2.71. The van der Waals surface area contributed by atoms with Crippen LogP contribution in [-0.4, -0.2) is 21.7 Å². The number of hydrogen-bond acceptors (Lipinski definition) is 2. The van der Waals surface area contributed by atoms with Gasteiger partial charge in [-0.1, -0.05) is 11.6 Å². The molecule has 4 aliphatic carbocycles. The van der Waals surface area contributed by atoms with Crippen molar-refractivity contribution in [2.75, 3.05) is 0 Å². The van der Waals surface area contributed by atoms with Crippen molar-refractivity contribution in [3.63, 3.8) is 0 Å². The lowest BCUT2D eigenvalue weighted by Crippen LogP contribution is -2.56. The Labute approximate surface area is 144 Å². The third kappa shape index (κ3) is 2.72. The molecule has 0 aliphatic heterocycles. The van der Waals surface area contributed by atoms with Crippen LogP contribution in [0.3, 0.4) is 0 Å². The fourth-order valence-electron chi connectivity index (χ4n) is 5.37. The summed E-state index contributed by atoms with van der Waals surface area (Å²) >= 11 is 5.89. The Morgan fingerprint density at radius 3 is 2.33 bits per heavy atom. The average molecular weight is 358 g/mol. The summed E-state index contributed by atoms with van der Waals surface area (Å²) in [4.78, 5) is 12.4. The molecular formula is C17H22ClF2N3O. The second kappa shape index (κ2) is 5.97. The Balaban J connectivity index is 1.43. The lowest BCUT2D eigenvalue weighted by molar-refractivity contribution is -0.125. The van der Waals surface area contributed by atoms with E-state index in [1.807, 2.05) is 0 Å². The number of rotatable bonds is 4. The molecule has 1 heterocycles. The van der Waals surface area contributed by atoms with Crippen LogP contribution in [0.1, 0.15) is 49.9 Å². The highest BCUT2D eigenvalue weighted by Crippen LogP contribution is 2.53. The van der Waals surface area contributed by atoms with Crippen molar-refractivity contribution in [3.05, 3.63) is 16.4 Å². The number of aromatic nitrogens is 2. The van der Waals surface area contributed by atoms with Gasteiger partial charge in [0.05, 0.1) is 10.7 Å². The third-order valence-electron chi connectivity index (χ3n) is 6.21. The predicted molar refractivity (Wildman–Crippen MR) is 85.9 cm³/mol. The van der Waals surface area contributed by atoms with Crippen LogP contribution < -0.4 is 5.32 Å². The van der Waals surface area contributed by atoms with Gasteiger partial charge in [0.1, 0.15) is 12.2 Å². The number of amides is 1. The zero-order valence-electron chi connectivity index (χ0n) is 13.6. The molecule has 4 fully saturated rings. The monoisotopic (exact) mass is 357 g/mol. The summed E-state index contributed by atoms with van der Waals surface area (Å²) in [7, 11) is 0. The predicted octanol–water partition coefficient (Wildman–Crippen LogP) is 3.72. The minimum Gasteiger partial charge on any atom is -0.351 e. The van der Waals surface area contributed by atoms with Crippen LogP contribution in [0, 0.1) is 30.6 Å². The Morgan fingerprint density at radius 1 is 1.25 bits per heavy atom. The van der Waals surface area contributed by atoms with Gasteiger partial charge in [-0.05, 0) is 62.7 Å². The molecule has 4 saturated carbocycles. The van der Waals surface area contributed by atoms with E-state index in [-0.39, 0.29) is 23.5 Å². The highest BCUT2D eigenvalue weighted by atomic mass is 35.5. The van der Waals surface area contributed by atoms with Crippen molar-refractivity contribution >= 4 is 17.5 Å². The molecule has 0 radical (unpaired) electrons. The van der Waals surface area contributed by atoms with Gasteiger partial charge in [0.15, 0.2) is 0 Å². The minimum atomic E-state index is -2.73. The van der Waals surface area contributed by atoms with E-state index in [4.69, 9.17) is 11.6 Å². The van der Waals surface area contributed by atoms with Gasteiger partial charge in [-0.3, -0.25) is 9.48 Å². The number of hydrogen-bond donors (Lipinski definition) is 1. The van der Waals surface area contributed by atoms with Crippen molar-refractivity contribution in [1.29, 1.82) is 0 Å². The molecule has 0 aromatic carbocycles. The molecule has 4 nitrogen and oxygen atoms in total. The first-order valence-corrected chi connectivity index (χ1v) is 9.10. The SMILES string of the molecule is Cc1c(Cl)c(C(F)F)nn1CC(=O)NC1C2CC3CC(C2)CC1C3. The zero-order chi connectivity index (χ0) is 17.0. The van der Waals surface area contributed by atoms with Crippen LogP contribution in [0.2, 0.25) is 5.02 Å². The quantitative estimate of drug-likeness (QED) is 0.892. The van der Waals surface area contributed by atoms with E-state index < -0.39 is 12.1 Å². The van der Waals surface area contributed by atoms with Crippen LogP contribution in [0.5, 0.6) is 0 Å². The maximum absolute atomic E-state index is 12.9. The molecule has 7 heteroatoms. The van der Waals surface area contributed by atoms with Gasteiger partial charge in [-0.25, -0.2) is 8.78 Å². The Bertz CT molecular complexity index is 633. The van der Waals surface area contributed by atoms with E-state index >= 15 is 0 Å². The third-order valence-corrected chi connectivity index (χ3v) is 6.68. The number of halogens is 3. The molecule has 1 N–H and O–H groups in total. The van der Waals surface area contributed by atoms with Gasteiger partial charge < -0.3 is 5.32 Å². The number of alkyl halides is 2. The summed E-state index contributed by atoms with van der Waals surface area (Å²) in [5, 5.41) is 6.92. The van der Waals surface area contributed by atoms with Crippen molar-refractivity contribution in [1.82, 2.24) is 15.1 Å². The van der Waals surface area contributed by atoms with E-state index in [1.54, 1.807) is 6.92 Å². The molecule has 5 rings (SSSR count). The summed E-state index contributed by atoms with van der Waals surface area (Å²) in [6, 6.07) is 0.242. The summed E-state index contributed by atoms with van der Waals surface area (Å²) in [6.07, 6.45) is 3.53. The maximum Gasteiger partial charge on any atom is 0.283 e. The van der Waals surface area contributed by atoms with E-state index in [2.05, 4.69) is 10.4 Å². The van der Waals surface area contributed by atoms with Crippen molar-refractivity contribution in [2.24, 2.45) is 23.7 Å². The lowest BCUT2D eigenvalue weighted by Gasteiger charge is -2.54. The molecule has 132 valence electrons. The summed E-state index contributed by atoms with van der Waals surface area (Å²) < 4.78 is 27.0. The molecule has 0 spiro atoms. The molecule has 4 bridgehead atoms. The fraction of sp³-hybridized carbons (Fsp3) is 0.765. The minimum absolute atomic E-state index is 0.0487. The maximum atomic E-state index is 12.9. The molecule has 24 heavy (non-hydrogen) atoms. The number of carbonyl (C=O) groups excluding carboxylic acids is 1. The van der Waals surface area contributed by atoms with Crippen molar-refractivity contribution in [3.8, 4) is 0 Å². The van der Waals surface area contributed by atoms with E-state index in [0.717, 1.165) is 11.8 Å². The van der Waals surface area contributed by atoms with Crippen molar-refractivity contribution in [2.45, 2.75) is 58.0 Å². The summed E-state index contributed by atoms with van der Waals surface area (Å²) in [6.45, 7) is 1.55. The standard InChI is InChI=1S/C17H22ClF2N3O/c1-8-14(18)16(17(19)20)22-23(8)7-13(24)21-15-11-3-9-2-10(5-11)6-12(15)4-9/h9-12,15,17H,2-7H2,1H3,(H,21,24). The molecule has 0 saturated heterocycles. The van der Waals surface area contributed by atoms with Gasteiger partial charge in [0.25, 0.3) is 6.43 Å². The Hall–Kier alpha value is -1.17. The van der Waals surface area contributed by atoms with E-state index in [0.29, 0.717) is 17.5 Å². The molecule has 1 amide bonds. The lowest BCUT2D eigenvalue weighted by atomic mass is 9.54. The molecule has 1 aromatic rings. The second-order valence-electron chi connectivity index (χ2n) is 7.77. The topological polar surface area (TPSA) is 46.9 Å². The van der Waals surface area contributed by atoms with E-state index in [9.17, 15) is 13.6 Å². The largest absolute Gasteiger partial charge is 0.351 e. The molecular weight excluding hydrogens is 336 g/mol. The van der Waals surface area contributed by atoms with Crippen LogP contribution in [0.15, 0.2) is 0 Å². The summed E-state index contributed by atoms with van der Waals surface area (Å²) in [5.41, 5.74) is -0.0382. The molecule has 4 aliphatic rings. The number of carbonyl (C=O) groups is 1. The number of nitrogens with one attached hydrogen (secondary N) is 1. The first-order valence-electron chi connectivity index (χ1n) is 8.72. The Kier molecular flexibility index (Phi) is 4.06. The van der Waals surface area contributed by atoms with Crippen LogP contribution in [0.25, 0.3) is 0 Å². The number of nitrogens with zero attached hydrogens (tertiary/aromatic N) is 2. The van der Waals surface area contributed by atoms with Crippen LogP contribution in [0.4, 0.5) is 8.78 Å². The normalized spacial score (nSPS) is 34.1. The second-order valence-corrected chi connectivity index (χ2v) is 8.14. The fourth-order valence-corrected chi connectivity index (χ4v) is 5.59.